The number of ketones is 1. The maximum absolute atomic E-state index is 13.1. The van der Waals surface area contributed by atoms with Crippen LogP contribution in [-0.2, 0) is 11.3 Å². The number of Topliss-reactive ketones (excluding diaryl/α,β-unsaturated/α-hetero) is 1. The van der Waals surface area contributed by atoms with Crippen molar-refractivity contribution in [3.63, 3.8) is 0 Å². The molecule has 39 heavy (non-hydrogen) atoms. The number of nitrogens with one attached hydrogen (secondary N) is 1. The van der Waals surface area contributed by atoms with Gasteiger partial charge in [0.25, 0.3) is 11.8 Å². The number of benzene rings is 2. The van der Waals surface area contributed by atoms with E-state index in [1.54, 1.807) is 36.2 Å². The molecule has 0 unspecified atom stereocenters. The van der Waals surface area contributed by atoms with Crippen LogP contribution in [-0.4, -0.2) is 58.1 Å². The second kappa shape index (κ2) is 11.2. The Morgan fingerprint density at radius 3 is 2.49 bits per heavy atom. The Kier molecular flexibility index (Phi) is 7.56. The van der Waals surface area contributed by atoms with Crippen molar-refractivity contribution in [2.24, 2.45) is 0 Å². The number of anilines is 2. The Hall–Kier alpha value is -4.31. The summed E-state index contributed by atoms with van der Waals surface area (Å²) in [5.41, 5.74) is 2.68. The fourth-order valence-corrected chi connectivity index (χ4v) is 5.51. The SMILES string of the molecule is CC(=O)c1ccc(C(=O)Nc2nc3cc(N(C)C(=O)c4ccccc4)ccc3n2CCCN2CCCC2=O)s1. The molecule has 5 rings (SSSR count). The molecule has 0 bridgehead atoms. The molecule has 0 radical (unpaired) electrons. The molecule has 1 aliphatic heterocycles. The summed E-state index contributed by atoms with van der Waals surface area (Å²) in [6.45, 7) is 3.41. The predicted octanol–water partition coefficient (Wildman–Crippen LogP) is 4.84. The number of amides is 3. The molecule has 0 aliphatic carbocycles. The maximum atomic E-state index is 13.1. The topological polar surface area (TPSA) is 105 Å². The van der Waals surface area contributed by atoms with Crippen molar-refractivity contribution in [1.29, 1.82) is 0 Å². The molecule has 10 heteroatoms. The molecule has 3 heterocycles. The van der Waals surface area contributed by atoms with Gasteiger partial charge in [-0.25, -0.2) is 4.98 Å². The molecule has 2 aromatic heterocycles. The van der Waals surface area contributed by atoms with E-state index in [1.807, 2.05) is 45.9 Å². The number of hydrogen-bond donors (Lipinski definition) is 1. The third-order valence-corrected chi connectivity index (χ3v) is 8.01. The highest BCUT2D eigenvalue weighted by molar-refractivity contribution is 7.16. The van der Waals surface area contributed by atoms with Gasteiger partial charge in [0.2, 0.25) is 11.9 Å². The zero-order valence-corrected chi connectivity index (χ0v) is 22.7. The first kappa shape index (κ1) is 26.3. The number of carbonyl (C=O) groups is 4. The van der Waals surface area contributed by atoms with Gasteiger partial charge in [0.15, 0.2) is 5.78 Å². The van der Waals surface area contributed by atoms with Gasteiger partial charge >= 0.3 is 0 Å². The van der Waals surface area contributed by atoms with E-state index in [4.69, 9.17) is 4.98 Å². The summed E-state index contributed by atoms with van der Waals surface area (Å²) in [4.78, 5) is 58.9. The van der Waals surface area contributed by atoms with Crippen LogP contribution in [0.2, 0.25) is 0 Å². The van der Waals surface area contributed by atoms with Crippen LogP contribution < -0.4 is 10.2 Å². The number of hydrogen-bond acceptors (Lipinski definition) is 6. The van der Waals surface area contributed by atoms with Crippen LogP contribution in [0.4, 0.5) is 11.6 Å². The highest BCUT2D eigenvalue weighted by Crippen LogP contribution is 2.27. The number of fused-ring (bicyclic) bond motifs is 1. The smallest absolute Gasteiger partial charge is 0.268 e. The van der Waals surface area contributed by atoms with Gasteiger partial charge in [0.1, 0.15) is 0 Å². The maximum Gasteiger partial charge on any atom is 0.268 e. The van der Waals surface area contributed by atoms with E-state index in [2.05, 4.69) is 5.32 Å². The number of thiophene rings is 1. The van der Waals surface area contributed by atoms with E-state index < -0.39 is 0 Å². The fourth-order valence-electron chi connectivity index (χ4n) is 4.71. The minimum absolute atomic E-state index is 0.0931. The van der Waals surface area contributed by atoms with E-state index in [-0.39, 0.29) is 23.5 Å². The molecule has 1 saturated heterocycles. The van der Waals surface area contributed by atoms with Gasteiger partial charge in [-0.15, -0.1) is 11.3 Å². The minimum atomic E-state index is -0.352. The van der Waals surface area contributed by atoms with Gasteiger partial charge in [-0.1, -0.05) is 18.2 Å². The predicted molar refractivity (Wildman–Crippen MR) is 152 cm³/mol. The molecule has 3 amide bonds. The van der Waals surface area contributed by atoms with E-state index in [1.165, 1.54) is 6.92 Å². The van der Waals surface area contributed by atoms with Gasteiger partial charge in [0, 0.05) is 44.4 Å². The van der Waals surface area contributed by atoms with Crippen molar-refractivity contribution >= 4 is 57.5 Å². The van der Waals surface area contributed by atoms with Crippen molar-refractivity contribution in [3.8, 4) is 0 Å². The fraction of sp³-hybridized carbons (Fsp3) is 0.276. The normalized spacial score (nSPS) is 13.2. The summed E-state index contributed by atoms with van der Waals surface area (Å²) >= 11 is 1.14. The Morgan fingerprint density at radius 2 is 1.79 bits per heavy atom. The molecule has 1 aliphatic rings. The minimum Gasteiger partial charge on any atom is -0.343 e. The largest absolute Gasteiger partial charge is 0.343 e. The number of imidazole rings is 1. The quantitative estimate of drug-likeness (QED) is 0.304. The molecule has 0 atom stereocenters. The van der Waals surface area contributed by atoms with Crippen LogP contribution >= 0.6 is 11.3 Å². The number of nitrogens with zero attached hydrogens (tertiary/aromatic N) is 4. The lowest BCUT2D eigenvalue weighted by Gasteiger charge is -2.18. The zero-order valence-electron chi connectivity index (χ0n) is 21.8. The summed E-state index contributed by atoms with van der Waals surface area (Å²) in [7, 11) is 1.71. The first-order valence-corrected chi connectivity index (χ1v) is 13.7. The molecule has 1 fully saturated rings. The molecular weight excluding hydrogens is 514 g/mol. The monoisotopic (exact) mass is 543 g/mol. The van der Waals surface area contributed by atoms with E-state index in [0.717, 1.165) is 29.8 Å². The third kappa shape index (κ3) is 5.61. The summed E-state index contributed by atoms with van der Waals surface area (Å²) < 4.78 is 1.93. The number of carbonyl (C=O) groups excluding carboxylic acids is 4. The summed E-state index contributed by atoms with van der Waals surface area (Å²) in [5, 5.41) is 2.90. The van der Waals surface area contributed by atoms with Crippen LogP contribution in [0.15, 0.2) is 60.7 Å². The molecule has 200 valence electrons. The average Bonchev–Trinajstić information content (AvgIpc) is 3.67. The lowest BCUT2D eigenvalue weighted by Crippen LogP contribution is -2.26. The second-order valence-corrected chi connectivity index (χ2v) is 10.6. The van der Waals surface area contributed by atoms with Crippen molar-refractivity contribution < 1.29 is 19.2 Å². The van der Waals surface area contributed by atoms with Gasteiger partial charge < -0.3 is 14.4 Å². The van der Waals surface area contributed by atoms with Crippen molar-refractivity contribution in [3.05, 3.63) is 76.0 Å². The van der Waals surface area contributed by atoms with E-state index >= 15 is 0 Å². The number of aryl methyl sites for hydroxylation is 1. The molecule has 4 aromatic rings. The van der Waals surface area contributed by atoms with Crippen LogP contribution in [0.5, 0.6) is 0 Å². The van der Waals surface area contributed by atoms with Crippen LogP contribution in [0, 0.1) is 0 Å². The first-order chi connectivity index (χ1) is 18.8. The molecule has 0 spiro atoms. The van der Waals surface area contributed by atoms with Crippen LogP contribution in [0.3, 0.4) is 0 Å². The zero-order chi connectivity index (χ0) is 27.5. The lowest BCUT2D eigenvalue weighted by molar-refractivity contribution is -0.127. The van der Waals surface area contributed by atoms with Gasteiger partial charge in [-0.05, 0) is 62.2 Å². The van der Waals surface area contributed by atoms with E-state index in [0.29, 0.717) is 58.4 Å². The summed E-state index contributed by atoms with van der Waals surface area (Å²) in [5.74, 6) is -0.0413. The molecular formula is C29H29N5O4S. The lowest BCUT2D eigenvalue weighted by atomic mass is 10.2. The van der Waals surface area contributed by atoms with Crippen molar-refractivity contribution in [2.45, 2.75) is 32.7 Å². The number of rotatable bonds is 9. The molecule has 1 N–H and O–H groups in total. The Balaban J connectivity index is 1.43. The Morgan fingerprint density at radius 1 is 1.03 bits per heavy atom. The van der Waals surface area contributed by atoms with E-state index in [9.17, 15) is 19.2 Å². The summed E-state index contributed by atoms with van der Waals surface area (Å²) in [6.07, 6.45) is 2.17. The van der Waals surface area contributed by atoms with Crippen LogP contribution in [0.1, 0.15) is 55.9 Å². The van der Waals surface area contributed by atoms with Crippen molar-refractivity contribution in [2.75, 3.05) is 30.4 Å². The highest BCUT2D eigenvalue weighted by Gasteiger charge is 2.22. The first-order valence-electron chi connectivity index (χ1n) is 12.8. The van der Waals surface area contributed by atoms with Gasteiger partial charge in [-0.3, -0.25) is 24.5 Å². The standard InChI is InChI=1S/C29H29N5O4S/c1-19(35)24-13-14-25(39-24)27(37)31-29-30-22-18-21(32(2)28(38)20-8-4-3-5-9-20)11-12-23(22)34(29)17-7-16-33-15-6-10-26(33)36/h3-5,8-9,11-14,18H,6-7,10,15-17H2,1-2H3,(H,30,31,37). The number of likely N-dealkylation sites (tertiary alicyclic amines) is 1. The number of aromatic nitrogens is 2. The molecule has 0 saturated carbocycles. The summed E-state index contributed by atoms with van der Waals surface area (Å²) in [6, 6.07) is 17.9. The van der Waals surface area contributed by atoms with Crippen LogP contribution in [0.25, 0.3) is 11.0 Å². The Bertz CT molecular complexity index is 1560. The van der Waals surface area contributed by atoms with Crippen molar-refractivity contribution in [1.82, 2.24) is 14.5 Å². The van der Waals surface area contributed by atoms with Gasteiger partial charge in [-0.2, -0.15) is 0 Å². The van der Waals surface area contributed by atoms with Gasteiger partial charge in [0.05, 0.1) is 20.8 Å². The highest BCUT2D eigenvalue weighted by atomic mass is 32.1. The molecule has 2 aromatic carbocycles. The second-order valence-electron chi connectivity index (χ2n) is 9.50. The Labute approximate surface area is 230 Å². The average molecular weight is 544 g/mol. The third-order valence-electron chi connectivity index (χ3n) is 6.83. The molecule has 9 nitrogen and oxygen atoms in total.